The molecule has 12 heavy (non-hydrogen) atoms. The molecular weight excluding hydrogens is 156 g/mol. The van der Waals surface area contributed by atoms with E-state index in [-0.39, 0.29) is 12.5 Å². The van der Waals surface area contributed by atoms with E-state index in [1.807, 2.05) is 6.92 Å². The largest absolute Gasteiger partial charge is 0.390 e. The van der Waals surface area contributed by atoms with E-state index in [0.29, 0.717) is 18.9 Å². The molecule has 1 aliphatic rings. The lowest BCUT2D eigenvalue weighted by Crippen LogP contribution is -2.37. The minimum atomic E-state index is -0.570. The van der Waals surface area contributed by atoms with Gasteiger partial charge in [-0.2, -0.15) is 0 Å². The molecule has 0 aromatic rings. The number of nitrogens with zero attached hydrogens (tertiary/aromatic N) is 1. The van der Waals surface area contributed by atoms with Gasteiger partial charge < -0.3 is 15.7 Å². The summed E-state index contributed by atoms with van der Waals surface area (Å²) in [5, 5.41) is 9.20. The second-order valence-electron chi connectivity index (χ2n) is 3.50. The van der Waals surface area contributed by atoms with Gasteiger partial charge in [-0.3, -0.25) is 4.79 Å². The molecule has 1 unspecified atom stereocenters. The SMILES string of the molecule is CC1CC(=O)N(C[C@H](O)CN)C1. The lowest BCUT2D eigenvalue weighted by Gasteiger charge is -2.18. The number of hydrogen-bond donors (Lipinski definition) is 2. The van der Waals surface area contributed by atoms with Crippen LogP contribution in [-0.2, 0) is 4.79 Å². The fraction of sp³-hybridized carbons (Fsp3) is 0.875. The van der Waals surface area contributed by atoms with E-state index in [0.717, 1.165) is 6.54 Å². The number of hydrogen-bond acceptors (Lipinski definition) is 3. The lowest BCUT2D eigenvalue weighted by molar-refractivity contribution is -0.128. The normalized spacial score (nSPS) is 26.4. The predicted molar refractivity (Wildman–Crippen MR) is 45.4 cm³/mol. The lowest BCUT2D eigenvalue weighted by atomic mass is 10.2. The fourth-order valence-corrected chi connectivity index (χ4v) is 1.48. The Morgan fingerprint density at radius 3 is 2.92 bits per heavy atom. The molecule has 1 rings (SSSR count). The molecule has 4 nitrogen and oxygen atoms in total. The summed E-state index contributed by atoms with van der Waals surface area (Å²) >= 11 is 0. The number of nitrogens with two attached hydrogens (primary N) is 1. The average molecular weight is 172 g/mol. The maximum atomic E-state index is 11.2. The second kappa shape index (κ2) is 3.87. The van der Waals surface area contributed by atoms with Crippen molar-refractivity contribution in [2.24, 2.45) is 11.7 Å². The van der Waals surface area contributed by atoms with Gasteiger partial charge >= 0.3 is 0 Å². The summed E-state index contributed by atoms with van der Waals surface area (Å²) < 4.78 is 0. The van der Waals surface area contributed by atoms with Crippen LogP contribution in [0.4, 0.5) is 0 Å². The highest BCUT2D eigenvalue weighted by molar-refractivity contribution is 5.78. The summed E-state index contributed by atoms with van der Waals surface area (Å²) in [4.78, 5) is 12.9. The van der Waals surface area contributed by atoms with E-state index in [9.17, 15) is 9.90 Å². The minimum absolute atomic E-state index is 0.134. The molecule has 1 fully saturated rings. The monoisotopic (exact) mass is 172 g/mol. The number of amides is 1. The minimum Gasteiger partial charge on any atom is -0.390 e. The van der Waals surface area contributed by atoms with Crippen LogP contribution in [0, 0.1) is 5.92 Å². The molecule has 0 spiro atoms. The standard InChI is InChI=1S/C8H16N2O2/c1-6-2-8(12)10(4-6)5-7(11)3-9/h6-7,11H,2-5,9H2,1H3/t6?,7-/m1/s1. The third kappa shape index (κ3) is 2.19. The van der Waals surface area contributed by atoms with Crippen molar-refractivity contribution in [3.8, 4) is 0 Å². The van der Waals surface area contributed by atoms with Crippen LogP contribution in [0.1, 0.15) is 13.3 Å². The van der Waals surface area contributed by atoms with Gasteiger partial charge in [0, 0.05) is 26.1 Å². The molecular formula is C8H16N2O2. The van der Waals surface area contributed by atoms with Gasteiger partial charge in [-0.05, 0) is 5.92 Å². The molecule has 70 valence electrons. The second-order valence-corrected chi connectivity index (χ2v) is 3.50. The third-order valence-electron chi connectivity index (χ3n) is 2.11. The summed E-state index contributed by atoms with van der Waals surface area (Å²) in [6.45, 7) is 3.40. The van der Waals surface area contributed by atoms with Gasteiger partial charge in [0.25, 0.3) is 0 Å². The molecule has 0 radical (unpaired) electrons. The van der Waals surface area contributed by atoms with Crippen LogP contribution in [0.5, 0.6) is 0 Å². The zero-order valence-electron chi connectivity index (χ0n) is 7.36. The Morgan fingerprint density at radius 1 is 1.83 bits per heavy atom. The van der Waals surface area contributed by atoms with Gasteiger partial charge in [-0.15, -0.1) is 0 Å². The van der Waals surface area contributed by atoms with Crippen LogP contribution in [0.3, 0.4) is 0 Å². The molecule has 1 amide bonds. The molecule has 0 saturated carbocycles. The zero-order chi connectivity index (χ0) is 9.14. The summed E-state index contributed by atoms with van der Waals surface area (Å²) in [7, 11) is 0. The Labute approximate surface area is 72.3 Å². The molecule has 4 heteroatoms. The quantitative estimate of drug-likeness (QED) is 0.584. The Kier molecular flexibility index (Phi) is 3.05. The molecule has 1 heterocycles. The van der Waals surface area contributed by atoms with Crippen molar-refractivity contribution < 1.29 is 9.90 Å². The fourth-order valence-electron chi connectivity index (χ4n) is 1.48. The Balaban J connectivity index is 2.37. The first kappa shape index (κ1) is 9.48. The van der Waals surface area contributed by atoms with Gasteiger partial charge in [-0.25, -0.2) is 0 Å². The van der Waals surface area contributed by atoms with E-state index >= 15 is 0 Å². The molecule has 0 bridgehead atoms. The Morgan fingerprint density at radius 2 is 2.50 bits per heavy atom. The highest BCUT2D eigenvalue weighted by atomic mass is 16.3. The summed E-state index contributed by atoms with van der Waals surface area (Å²) in [6, 6.07) is 0. The first-order valence-electron chi connectivity index (χ1n) is 4.29. The smallest absolute Gasteiger partial charge is 0.223 e. The maximum Gasteiger partial charge on any atom is 0.223 e. The van der Waals surface area contributed by atoms with Crippen molar-refractivity contribution in [2.45, 2.75) is 19.4 Å². The van der Waals surface area contributed by atoms with Crippen molar-refractivity contribution in [2.75, 3.05) is 19.6 Å². The molecule has 2 atom stereocenters. The van der Waals surface area contributed by atoms with Gasteiger partial charge in [0.1, 0.15) is 0 Å². The van der Waals surface area contributed by atoms with Crippen LogP contribution >= 0.6 is 0 Å². The molecule has 0 aliphatic carbocycles. The number of β-amino-alcohol motifs (C(OH)–C–C–N with tert-alkyl or cyclic N) is 1. The first-order chi connectivity index (χ1) is 5.63. The summed E-state index contributed by atoms with van der Waals surface area (Å²) in [6.07, 6.45) is 0.0383. The number of aliphatic hydroxyl groups is 1. The first-order valence-corrected chi connectivity index (χ1v) is 4.29. The Bertz CT molecular complexity index is 172. The zero-order valence-corrected chi connectivity index (χ0v) is 7.36. The van der Waals surface area contributed by atoms with Crippen LogP contribution < -0.4 is 5.73 Å². The number of carbonyl (C=O) groups excluding carboxylic acids is 1. The third-order valence-corrected chi connectivity index (χ3v) is 2.11. The summed E-state index contributed by atoms with van der Waals surface area (Å²) in [5.74, 6) is 0.553. The van der Waals surface area contributed by atoms with E-state index in [2.05, 4.69) is 0 Å². The summed E-state index contributed by atoms with van der Waals surface area (Å²) in [5.41, 5.74) is 5.24. The van der Waals surface area contributed by atoms with Crippen LogP contribution in [0.15, 0.2) is 0 Å². The van der Waals surface area contributed by atoms with Crippen molar-refractivity contribution in [1.29, 1.82) is 0 Å². The van der Waals surface area contributed by atoms with Gasteiger partial charge in [0.05, 0.1) is 6.10 Å². The van der Waals surface area contributed by atoms with Crippen LogP contribution in [-0.4, -0.2) is 41.7 Å². The maximum absolute atomic E-state index is 11.2. The molecule has 3 N–H and O–H groups in total. The van der Waals surface area contributed by atoms with Crippen molar-refractivity contribution in [3.63, 3.8) is 0 Å². The molecule has 0 aromatic carbocycles. The van der Waals surface area contributed by atoms with Crippen LogP contribution in [0.25, 0.3) is 0 Å². The highest BCUT2D eigenvalue weighted by Gasteiger charge is 2.27. The molecule has 0 aromatic heterocycles. The Hall–Kier alpha value is -0.610. The highest BCUT2D eigenvalue weighted by Crippen LogP contribution is 2.16. The van der Waals surface area contributed by atoms with E-state index in [4.69, 9.17) is 5.73 Å². The van der Waals surface area contributed by atoms with Crippen molar-refractivity contribution >= 4 is 5.91 Å². The van der Waals surface area contributed by atoms with Crippen molar-refractivity contribution in [1.82, 2.24) is 4.90 Å². The van der Waals surface area contributed by atoms with Gasteiger partial charge in [0.15, 0.2) is 0 Å². The number of aliphatic hydroxyl groups excluding tert-OH is 1. The van der Waals surface area contributed by atoms with E-state index in [1.54, 1.807) is 4.90 Å². The topological polar surface area (TPSA) is 66.6 Å². The number of likely N-dealkylation sites (tertiary alicyclic amines) is 1. The van der Waals surface area contributed by atoms with Crippen LogP contribution in [0.2, 0.25) is 0 Å². The average Bonchev–Trinajstić information content (AvgIpc) is 2.30. The number of rotatable bonds is 3. The van der Waals surface area contributed by atoms with E-state index in [1.165, 1.54) is 0 Å². The molecule has 1 aliphatic heterocycles. The van der Waals surface area contributed by atoms with Crippen molar-refractivity contribution in [3.05, 3.63) is 0 Å². The van der Waals surface area contributed by atoms with Gasteiger partial charge in [0.2, 0.25) is 5.91 Å². The molecule has 1 saturated heterocycles. The van der Waals surface area contributed by atoms with E-state index < -0.39 is 6.10 Å². The predicted octanol–water partition coefficient (Wildman–Crippen LogP) is -0.826. The van der Waals surface area contributed by atoms with Gasteiger partial charge in [-0.1, -0.05) is 6.92 Å². The number of carbonyl (C=O) groups is 1.